The summed E-state index contributed by atoms with van der Waals surface area (Å²) in [6.45, 7) is 6.26. The van der Waals surface area contributed by atoms with Crippen molar-refractivity contribution in [3.05, 3.63) is 65.2 Å². The highest BCUT2D eigenvalue weighted by atomic mass is 16.5. The minimum Gasteiger partial charge on any atom is -0.449 e. The molecule has 0 fully saturated rings. The second-order valence-electron chi connectivity index (χ2n) is 6.56. The van der Waals surface area contributed by atoms with E-state index in [0.29, 0.717) is 18.1 Å². The first-order valence-corrected chi connectivity index (χ1v) is 9.14. The Morgan fingerprint density at radius 3 is 2.33 bits per heavy atom. The van der Waals surface area contributed by atoms with Gasteiger partial charge in [-0.15, -0.1) is 0 Å². The van der Waals surface area contributed by atoms with Crippen LogP contribution >= 0.6 is 0 Å². The van der Waals surface area contributed by atoms with Crippen LogP contribution in [-0.2, 0) is 20.9 Å². The van der Waals surface area contributed by atoms with E-state index >= 15 is 0 Å². The van der Waals surface area contributed by atoms with Crippen LogP contribution in [0.5, 0.6) is 0 Å². The summed E-state index contributed by atoms with van der Waals surface area (Å²) in [7, 11) is 1.61. The Morgan fingerprint density at radius 1 is 1.04 bits per heavy atom. The molecule has 5 nitrogen and oxygen atoms in total. The van der Waals surface area contributed by atoms with Gasteiger partial charge in [-0.3, -0.25) is 4.79 Å². The fourth-order valence-corrected chi connectivity index (χ4v) is 2.68. The highest BCUT2D eigenvalue weighted by molar-refractivity contribution is 5.97. The van der Waals surface area contributed by atoms with Crippen LogP contribution < -0.4 is 5.32 Å². The third-order valence-electron chi connectivity index (χ3n) is 4.52. The molecule has 1 N–H and O–H groups in total. The highest BCUT2D eigenvalue weighted by Crippen LogP contribution is 2.26. The summed E-state index contributed by atoms with van der Waals surface area (Å²) < 4.78 is 10.4. The maximum absolute atomic E-state index is 12.5. The number of hydrogen-bond donors (Lipinski definition) is 1. The molecule has 0 spiro atoms. The lowest BCUT2D eigenvalue weighted by Gasteiger charge is -2.18. The van der Waals surface area contributed by atoms with E-state index in [1.807, 2.05) is 24.3 Å². The van der Waals surface area contributed by atoms with Crippen LogP contribution in [0.1, 0.15) is 54.6 Å². The van der Waals surface area contributed by atoms with Gasteiger partial charge in [-0.05, 0) is 48.6 Å². The Hall–Kier alpha value is -2.66. The SMILES string of the molecule is CC[C@@H](C)c1ccccc1NC(=O)[C@H](C)OC(=O)c1ccc(COC)cc1. The second kappa shape index (κ2) is 9.88. The Labute approximate surface area is 160 Å². The summed E-state index contributed by atoms with van der Waals surface area (Å²) in [4.78, 5) is 24.7. The predicted octanol–water partition coefficient (Wildman–Crippen LogP) is 4.53. The lowest BCUT2D eigenvalue weighted by molar-refractivity contribution is -0.123. The van der Waals surface area contributed by atoms with Crippen molar-refractivity contribution in [3.8, 4) is 0 Å². The molecule has 0 aliphatic carbocycles. The molecule has 1 amide bonds. The fourth-order valence-electron chi connectivity index (χ4n) is 2.68. The summed E-state index contributed by atoms with van der Waals surface area (Å²) in [5.74, 6) is -0.558. The maximum Gasteiger partial charge on any atom is 0.338 e. The molecule has 2 rings (SSSR count). The van der Waals surface area contributed by atoms with Gasteiger partial charge in [0.05, 0.1) is 12.2 Å². The lowest BCUT2D eigenvalue weighted by atomic mass is 9.97. The zero-order valence-corrected chi connectivity index (χ0v) is 16.3. The minimum atomic E-state index is -0.902. The number of hydrogen-bond acceptors (Lipinski definition) is 4. The van der Waals surface area contributed by atoms with E-state index in [1.165, 1.54) is 0 Å². The van der Waals surface area contributed by atoms with Gasteiger partial charge in [0, 0.05) is 12.8 Å². The van der Waals surface area contributed by atoms with Crippen molar-refractivity contribution in [3.63, 3.8) is 0 Å². The number of para-hydroxylation sites is 1. The van der Waals surface area contributed by atoms with Crippen LogP contribution in [-0.4, -0.2) is 25.1 Å². The Bertz CT molecular complexity index is 770. The average molecular weight is 369 g/mol. The summed E-state index contributed by atoms with van der Waals surface area (Å²) in [5.41, 5.74) is 3.18. The average Bonchev–Trinajstić information content (AvgIpc) is 2.68. The molecule has 144 valence electrons. The van der Waals surface area contributed by atoms with Crippen LogP contribution in [0.25, 0.3) is 0 Å². The summed E-state index contributed by atoms with van der Waals surface area (Å²) in [6, 6.07) is 14.6. The molecular formula is C22H27NO4. The van der Waals surface area contributed by atoms with Gasteiger partial charge in [-0.1, -0.05) is 44.2 Å². The molecule has 0 heterocycles. The first-order chi connectivity index (χ1) is 13.0. The molecule has 27 heavy (non-hydrogen) atoms. The number of methoxy groups -OCH3 is 1. The Kier molecular flexibility index (Phi) is 7.55. The van der Waals surface area contributed by atoms with Crippen LogP contribution in [0.15, 0.2) is 48.5 Å². The summed E-state index contributed by atoms with van der Waals surface area (Å²) in [5, 5.41) is 2.88. The standard InChI is InChI=1S/C22H27NO4/c1-5-15(2)19-8-6-7-9-20(19)23-21(24)16(3)27-22(25)18-12-10-17(11-13-18)14-26-4/h6-13,15-16H,5,14H2,1-4H3,(H,23,24)/t15-,16+/m1/s1. The number of esters is 1. The number of ether oxygens (including phenoxy) is 2. The van der Waals surface area contributed by atoms with E-state index < -0.39 is 12.1 Å². The van der Waals surface area contributed by atoms with E-state index in [-0.39, 0.29) is 5.91 Å². The van der Waals surface area contributed by atoms with Gasteiger partial charge in [-0.2, -0.15) is 0 Å². The smallest absolute Gasteiger partial charge is 0.338 e. The normalized spacial score (nSPS) is 12.9. The predicted molar refractivity (Wildman–Crippen MR) is 106 cm³/mol. The van der Waals surface area contributed by atoms with Crippen molar-refractivity contribution >= 4 is 17.6 Å². The monoisotopic (exact) mass is 369 g/mol. The number of carbonyl (C=O) groups is 2. The molecule has 0 aliphatic rings. The van der Waals surface area contributed by atoms with E-state index in [0.717, 1.165) is 23.2 Å². The fraction of sp³-hybridized carbons (Fsp3) is 0.364. The van der Waals surface area contributed by atoms with Crippen LogP contribution in [0.2, 0.25) is 0 Å². The molecule has 0 bridgehead atoms. The molecule has 2 atom stereocenters. The molecule has 0 aliphatic heterocycles. The van der Waals surface area contributed by atoms with Crippen molar-refractivity contribution in [2.45, 2.75) is 45.8 Å². The molecular weight excluding hydrogens is 342 g/mol. The molecule has 5 heteroatoms. The van der Waals surface area contributed by atoms with Gasteiger partial charge >= 0.3 is 5.97 Å². The van der Waals surface area contributed by atoms with Gasteiger partial charge in [-0.25, -0.2) is 4.79 Å². The molecule has 0 unspecified atom stereocenters. The van der Waals surface area contributed by atoms with Crippen molar-refractivity contribution < 1.29 is 19.1 Å². The number of amides is 1. The third-order valence-corrected chi connectivity index (χ3v) is 4.52. The number of anilines is 1. The van der Waals surface area contributed by atoms with Gasteiger partial charge in [0.15, 0.2) is 6.10 Å². The number of rotatable bonds is 8. The Balaban J connectivity index is 2.00. The van der Waals surface area contributed by atoms with E-state index in [1.54, 1.807) is 38.3 Å². The third kappa shape index (κ3) is 5.66. The first kappa shape index (κ1) is 20.6. The van der Waals surface area contributed by atoms with Gasteiger partial charge in [0.1, 0.15) is 0 Å². The quantitative estimate of drug-likeness (QED) is 0.694. The van der Waals surface area contributed by atoms with E-state index in [9.17, 15) is 9.59 Å². The number of benzene rings is 2. The molecule has 0 aromatic heterocycles. The van der Waals surface area contributed by atoms with Crippen molar-refractivity contribution in [1.82, 2.24) is 0 Å². The maximum atomic E-state index is 12.5. The largest absolute Gasteiger partial charge is 0.449 e. The molecule has 0 saturated heterocycles. The van der Waals surface area contributed by atoms with E-state index in [4.69, 9.17) is 9.47 Å². The van der Waals surface area contributed by atoms with Crippen LogP contribution in [0.3, 0.4) is 0 Å². The van der Waals surface area contributed by atoms with Crippen molar-refractivity contribution in [2.24, 2.45) is 0 Å². The second-order valence-corrected chi connectivity index (χ2v) is 6.56. The zero-order valence-electron chi connectivity index (χ0n) is 16.3. The summed E-state index contributed by atoms with van der Waals surface area (Å²) in [6.07, 6.45) is 0.0670. The highest BCUT2D eigenvalue weighted by Gasteiger charge is 2.20. The van der Waals surface area contributed by atoms with E-state index in [2.05, 4.69) is 19.2 Å². The Morgan fingerprint density at radius 2 is 1.70 bits per heavy atom. The lowest BCUT2D eigenvalue weighted by Crippen LogP contribution is -2.30. The first-order valence-electron chi connectivity index (χ1n) is 9.14. The molecule has 0 radical (unpaired) electrons. The minimum absolute atomic E-state index is 0.324. The molecule has 0 saturated carbocycles. The van der Waals surface area contributed by atoms with Crippen LogP contribution in [0, 0.1) is 0 Å². The number of nitrogens with one attached hydrogen (secondary N) is 1. The van der Waals surface area contributed by atoms with Crippen LogP contribution in [0.4, 0.5) is 5.69 Å². The van der Waals surface area contributed by atoms with Gasteiger partial charge in [0.25, 0.3) is 5.91 Å². The molecule has 2 aromatic carbocycles. The number of carbonyl (C=O) groups excluding carboxylic acids is 2. The van der Waals surface area contributed by atoms with Gasteiger partial charge < -0.3 is 14.8 Å². The zero-order chi connectivity index (χ0) is 19.8. The van der Waals surface area contributed by atoms with Crippen molar-refractivity contribution in [1.29, 1.82) is 0 Å². The summed E-state index contributed by atoms with van der Waals surface area (Å²) >= 11 is 0. The van der Waals surface area contributed by atoms with Gasteiger partial charge in [0.2, 0.25) is 0 Å². The topological polar surface area (TPSA) is 64.6 Å². The van der Waals surface area contributed by atoms with Crippen molar-refractivity contribution in [2.75, 3.05) is 12.4 Å². The molecule has 2 aromatic rings.